The minimum Gasteiger partial charge on any atom is -0.488 e. The summed E-state index contributed by atoms with van der Waals surface area (Å²) in [6.45, 7) is 3.05. The van der Waals surface area contributed by atoms with Crippen LogP contribution >= 0.6 is 0 Å². The Morgan fingerprint density at radius 2 is 1.85 bits per heavy atom. The first-order chi connectivity index (χ1) is 6.20. The SMILES string of the molecule is CC(COc1ccccc1)[S+](C)C. The van der Waals surface area contributed by atoms with Crippen LogP contribution in [0.25, 0.3) is 0 Å². The molecule has 1 aromatic carbocycles. The lowest BCUT2D eigenvalue weighted by Crippen LogP contribution is -2.22. The van der Waals surface area contributed by atoms with Crippen molar-refractivity contribution < 1.29 is 4.74 Å². The molecule has 1 unspecified atom stereocenters. The summed E-state index contributed by atoms with van der Waals surface area (Å²) in [6, 6.07) is 9.99. The smallest absolute Gasteiger partial charge is 0.148 e. The van der Waals surface area contributed by atoms with Crippen molar-refractivity contribution in [1.29, 1.82) is 0 Å². The monoisotopic (exact) mass is 197 g/mol. The minimum absolute atomic E-state index is 0.441. The molecule has 72 valence electrons. The van der Waals surface area contributed by atoms with E-state index in [1.807, 2.05) is 30.3 Å². The van der Waals surface area contributed by atoms with Crippen molar-refractivity contribution in [1.82, 2.24) is 0 Å². The number of hydrogen-bond acceptors (Lipinski definition) is 1. The van der Waals surface area contributed by atoms with Crippen LogP contribution in [-0.2, 0) is 10.9 Å². The van der Waals surface area contributed by atoms with E-state index < -0.39 is 0 Å². The van der Waals surface area contributed by atoms with Gasteiger partial charge in [0.2, 0.25) is 0 Å². The van der Waals surface area contributed by atoms with E-state index >= 15 is 0 Å². The van der Waals surface area contributed by atoms with E-state index in [-0.39, 0.29) is 0 Å². The third kappa shape index (κ3) is 3.73. The largest absolute Gasteiger partial charge is 0.488 e. The van der Waals surface area contributed by atoms with Crippen molar-refractivity contribution >= 4 is 10.9 Å². The summed E-state index contributed by atoms with van der Waals surface area (Å²) in [7, 11) is 0.441. The van der Waals surface area contributed by atoms with Gasteiger partial charge in [-0.1, -0.05) is 18.2 Å². The van der Waals surface area contributed by atoms with Crippen LogP contribution in [0.4, 0.5) is 0 Å². The average molecular weight is 197 g/mol. The predicted molar refractivity (Wildman–Crippen MR) is 60.6 cm³/mol. The topological polar surface area (TPSA) is 9.23 Å². The molecule has 0 fully saturated rings. The molecule has 1 nitrogen and oxygen atoms in total. The highest BCUT2D eigenvalue weighted by molar-refractivity contribution is 7.96. The zero-order valence-corrected chi connectivity index (χ0v) is 9.30. The average Bonchev–Trinajstić information content (AvgIpc) is 2.15. The first-order valence-electron chi connectivity index (χ1n) is 4.44. The molecule has 2 heteroatoms. The molecule has 0 N–H and O–H groups in total. The van der Waals surface area contributed by atoms with E-state index in [0.717, 1.165) is 12.4 Å². The van der Waals surface area contributed by atoms with Gasteiger partial charge in [-0.25, -0.2) is 0 Å². The Balaban J connectivity index is 2.35. The molecule has 0 aromatic heterocycles. The summed E-state index contributed by atoms with van der Waals surface area (Å²) in [6.07, 6.45) is 4.50. The molecule has 0 saturated heterocycles. The number of rotatable bonds is 4. The van der Waals surface area contributed by atoms with Gasteiger partial charge in [0, 0.05) is 0 Å². The van der Waals surface area contributed by atoms with Crippen molar-refractivity contribution in [3.05, 3.63) is 30.3 Å². The molecule has 13 heavy (non-hydrogen) atoms. The zero-order chi connectivity index (χ0) is 9.68. The lowest BCUT2D eigenvalue weighted by molar-refractivity contribution is 0.321. The molecule has 1 atom stereocenters. The summed E-state index contributed by atoms with van der Waals surface area (Å²) >= 11 is 0. The molecule has 1 rings (SSSR count). The van der Waals surface area contributed by atoms with Gasteiger partial charge in [0.15, 0.2) is 0 Å². The first kappa shape index (κ1) is 10.5. The summed E-state index contributed by atoms with van der Waals surface area (Å²) in [4.78, 5) is 0. The molecule has 0 spiro atoms. The second-order valence-corrected chi connectivity index (χ2v) is 5.88. The van der Waals surface area contributed by atoms with Gasteiger partial charge in [0.05, 0.1) is 12.5 Å². The van der Waals surface area contributed by atoms with Crippen molar-refractivity contribution in [3.63, 3.8) is 0 Å². The van der Waals surface area contributed by atoms with E-state index in [1.54, 1.807) is 0 Å². The summed E-state index contributed by atoms with van der Waals surface area (Å²) < 4.78 is 5.64. The Hall–Kier alpha value is -0.630. The fraction of sp³-hybridized carbons (Fsp3) is 0.455. The highest BCUT2D eigenvalue weighted by Gasteiger charge is 2.15. The quantitative estimate of drug-likeness (QED) is 0.673. The normalized spacial score (nSPS) is 12.9. The molecular weight excluding hydrogens is 180 g/mol. The van der Waals surface area contributed by atoms with Crippen LogP contribution in [0.5, 0.6) is 5.75 Å². The van der Waals surface area contributed by atoms with E-state index in [9.17, 15) is 0 Å². The molecule has 0 bridgehead atoms. The molecule has 0 amide bonds. The van der Waals surface area contributed by atoms with Crippen molar-refractivity contribution in [2.45, 2.75) is 12.2 Å². The maximum atomic E-state index is 5.64. The number of para-hydroxylation sites is 1. The van der Waals surface area contributed by atoms with Crippen molar-refractivity contribution in [3.8, 4) is 5.75 Å². The van der Waals surface area contributed by atoms with Crippen molar-refractivity contribution in [2.24, 2.45) is 0 Å². The second kappa shape index (κ2) is 5.18. The number of hydrogen-bond donors (Lipinski definition) is 0. The predicted octanol–water partition coefficient (Wildman–Crippen LogP) is 2.33. The van der Waals surface area contributed by atoms with E-state index in [2.05, 4.69) is 19.4 Å². The highest BCUT2D eigenvalue weighted by atomic mass is 32.2. The van der Waals surface area contributed by atoms with Gasteiger partial charge in [0.25, 0.3) is 0 Å². The fourth-order valence-corrected chi connectivity index (χ4v) is 1.21. The van der Waals surface area contributed by atoms with Crippen LogP contribution in [0.1, 0.15) is 6.92 Å². The van der Waals surface area contributed by atoms with Crippen LogP contribution in [0.2, 0.25) is 0 Å². The Morgan fingerprint density at radius 1 is 1.23 bits per heavy atom. The number of benzene rings is 1. The van der Waals surface area contributed by atoms with Crippen LogP contribution < -0.4 is 4.74 Å². The van der Waals surface area contributed by atoms with Gasteiger partial charge in [-0.3, -0.25) is 0 Å². The molecule has 0 saturated carbocycles. The minimum atomic E-state index is 0.441. The second-order valence-electron chi connectivity index (χ2n) is 3.31. The Kier molecular flexibility index (Phi) is 4.16. The molecular formula is C11H17OS+. The number of ether oxygens (including phenoxy) is 1. The van der Waals surface area contributed by atoms with E-state index in [4.69, 9.17) is 4.74 Å². The zero-order valence-electron chi connectivity index (χ0n) is 8.49. The molecule has 0 aliphatic rings. The van der Waals surface area contributed by atoms with Gasteiger partial charge in [0.1, 0.15) is 17.6 Å². The van der Waals surface area contributed by atoms with Gasteiger partial charge in [-0.05, 0) is 30.0 Å². The Labute approximate surface area is 83.5 Å². The summed E-state index contributed by atoms with van der Waals surface area (Å²) in [5.74, 6) is 0.972. The third-order valence-electron chi connectivity index (χ3n) is 2.03. The maximum Gasteiger partial charge on any atom is 0.148 e. The maximum absolute atomic E-state index is 5.64. The first-order valence-corrected chi connectivity index (χ1v) is 6.55. The molecule has 0 aliphatic carbocycles. The summed E-state index contributed by atoms with van der Waals surface area (Å²) in [5, 5.41) is 0.639. The van der Waals surface area contributed by atoms with Crippen LogP contribution in [0.15, 0.2) is 30.3 Å². The van der Waals surface area contributed by atoms with Crippen molar-refractivity contribution in [2.75, 3.05) is 19.1 Å². The summed E-state index contributed by atoms with van der Waals surface area (Å²) in [5.41, 5.74) is 0. The lowest BCUT2D eigenvalue weighted by atomic mass is 10.3. The third-order valence-corrected chi connectivity index (χ3v) is 3.78. The standard InChI is InChI=1S/C11H17OS/c1-10(13(2)3)9-12-11-7-5-4-6-8-11/h4-8,10H,9H2,1-3H3/q+1. The van der Waals surface area contributed by atoms with Crippen LogP contribution in [0, 0.1) is 0 Å². The highest BCUT2D eigenvalue weighted by Crippen LogP contribution is 2.10. The van der Waals surface area contributed by atoms with Gasteiger partial charge in [-0.15, -0.1) is 0 Å². The van der Waals surface area contributed by atoms with Gasteiger partial charge >= 0.3 is 0 Å². The van der Waals surface area contributed by atoms with Gasteiger partial charge in [-0.2, -0.15) is 0 Å². The van der Waals surface area contributed by atoms with Gasteiger partial charge < -0.3 is 4.74 Å². The van der Waals surface area contributed by atoms with E-state index in [1.165, 1.54) is 0 Å². The molecule has 1 aromatic rings. The fourth-order valence-electron chi connectivity index (χ4n) is 0.866. The molecule has 0 radical (unpaired) electrons. The van der Waals surface area contributed by atoms with Crippen LogP contribution in [0.3, 0.4) is 0 Å². The van der Waals surface area contributed by atoms with E-state index in [0.29, 0.717) is 16.1 Å². The van der Waals surface area contributed by atoms with Crippen LogP contribution in [-0.4, -0.2) is 24.4 Å². The Bertz CT molecular complexity index is 233. The lowest BCUT2D eigenvalue weighted by Gasteiger charge is -2.09. The Morgan fingerprint density at radius 3 is 2.38 bits per heavy atom. The molecule has 0 aliphatic heterocycles. The molecule has 0 heterocycles.